The molecule has 0 aromatic carbocycles. The number of aromatic nitrogens is 2. The number of rotatable bonds is 3. The molecule has 4 heteroatoms. The lowest BCUT2D eigenvalue weighted by atomic mass is 10.2. The van der Waals surface area contributed by atoms with Gasteiger partial charge in [0.1, 0.15) is 5.15 Å². The molecule has 0 unspecified atom stereocenters. The first kappa shape index (κ1) is 10.3. The Bertz CT molecular complexity index is 266. The molecule has 0 saturated heterocycles. The van der Waals surface area contributed by atoms with Crippen molar-refractivity contribution in [2.45, 2.75) is 20.8 Å². The van der Waals surface area contributed by atoms with E-state index in [0.717, 1.165) is 12.2 Å². The summed E-state index contributed by atoms with van der Waals surface area (Å²) in [4.78, 5) is 8.25. The number of hydrogen-bond donors (Lipinski definition) is 1. The molecular formula is C9H14ClN3. The van der Waals surface area contributed by atoms with E-state index in [1.54, 1.807) is 6.07 Å². The molecule has 1 rings (SSSR count). The van der Waals surface area contributed by atoms with E-state index in [1.807, 2.05) is 6.92 Å². The summed E-state index contributed by atoms with van der Waals surface area (Å²) in [6, 6.07) is 1.74. The van der Waals surface area contributed by atoms with E-state index in [2.05, 4.69) is 29.1 Å². The van der Waals surface area contributed by atoms with Gasteiger partial charge in [-0.15, -0.1) is 0 Å². The second kappa shape index (κ2) is 4.42. The predicted molar refractivity (Wildman–Crippen MR) is 55.1 cm³/mol. The van der Waals surface area contributed by atoms with Crippen molar-refractivity contribution in [2.75, 3.05) is 11.9 Å². The summed E-state index contributed by atoms with van der Waals surface area (Å²) in [5.74, 6) is 1.18. The summed E-state index contributed by atoms with van der Waals surface area (Å²) >= 11 is 5.77. The summed E-state index contributed by atoms with van der Waals surface area (Å²) in [7, 11) is 0. The summed E-state index contributed by atoms with van der Waals surface area (Å²) in [6.07, 6.45) is 0. The first-order chi connectivity index (χ1) is 6.08. The summed E-state index contributed by atoms with van der Waals surface area (Å²) in [5, 5.41) is 3.60. The Morgan fingerprint density at radius 3 is 2.69 bits per heavy atom. The van der Waals surface area contributed by atoms with Crippen molar-refractivity contribution < 1.29 is 0 Å². The molecule has 1 aromatic heterocycles. The Morgan fingerprint density at radius 2 is 2.15 bits per heavy atom. The number of halogens is 1. The van der Waals surface area contributed by atoms with Crippen molar-refractivity contribution in [3.63, 3.8) is 0 Å². The van der Waals surface area contributed by atoms with Crippen LogP contribution in [-0.2, 0) is 0 Å². The fraction of sp³-hybridized carbons (Fsp3) is 0.556. The Balaban J connectivity index is 2.66. The van der Waals surface area contributed by atoms with Crippen LogP contribution < -0.4 is 5.32 Å². The molecule has 0 aliphatic heterocycles. The van der Waals surface area contributed by atoms with Gasteiger partial charge in [-0.25, -0.2) is 9.97 Å². The summed E-state index contributed by atoms with van der Waals surface area (Å²) in [6.45, 7) is 7.02. The number of hydrogen-bond acceptors (Lipinski definition) is 3. The van der Waals surface area contributed by atoms with E-state index in [0.29, 0.717) is 17.0 Å². The second-order valence-corrected chi connectivity index (χ2v) is 3.82. The molecule has 72 valence electrons. The van der Waals surface area contributed by atoms with Gasteiger partial charge in [0.15, 0.2) is 0 Å². The molecule has 0 atom stereocenters. The van der Waals surface area contributed by atoms with Gasteiger partial charge >= 0.3 is 0 Å². The molecule has 0 saturated carbocycles. The monoisotopic (exact) mass is 199 g/mol. The van der Waals surface area contributed by atoms with Crippen LogP contribution in [-0.4, -0.2) is 16.5 Å². The maximum Gasteiger partial charge on any atom is 0.224 e. The van der Waals surface area contributed by atoms with Crippen molar-refractivity contribution in [3.05, 3.63) is 16.9 Å². The fourth-order valence-electron chi connectivity index (χ4n) is 0.905. The molecule has 0 aliphatic carbocycles. The van der Waals surface area contributed by atoms with Crippen molar-refractivity contribution in [1.29, 1.82) is 0 Å². The lowest BCUT2D eigenvalue weighted by Gasteiger charge is -2.07. The molecule has 0 spiro atoms. The Hall–Kier alpha value is -0.830. The number of aryl methyl sites for hydroxylation is 1. The summed E-state index contributed by atoms with van der Waals surface area (Å²) < 4.78 is 0. The maximum atomic E-state index is 5.77. The number of nitrogens with one attached hydrogen (secondary N) is 1. The van der Waals surface area contributed by atoms with Crippen LogP contribution in [0.2, 0.25) is 5.15 Å². The van der Waals surface area contributed by atoms with Gasteiger partial charge in [-0.1, -0.05) is 25.4 Å². The van der Waals surface area contributed by atoms with Gasteiger partial charge in [0, 0.05) is 12.2 Å². The first-order valence-corrected chi connectivity index (χ1v) is 4.71. The highest BCUT2D eigenvalue weighted by molar-refractivity contribution is 6.29. The Kier molecular flexibility index (Phi) is 3.48. The average Bonchev–Trinajstić information content (AvgIpc) is 1.99. The molecule has 1 heterocycles. The Morgan fingerprint density at radius 1 is 1.46 bits per heavy atom. The van der Waals surface area contributed by atoms with Crippen LogP contribution in [0, 0.1) is 12.8 Å². The fourth-order valence-corrected chi connectivity index (χ4v) is 1.14. The average molecular weight is 200 g/mol. The molecule has 0 aliphatic rings. The van der Waals surface area contributed by atoms with E-state index < -0.39 is 0 Å². The van der Waals surface area contributed by atoms with E-state index in [9.17, 15) is 0 Å². The van der Waals surface area contributed by atoms with Crippen LogP contribution in [0.3, 0.4) is 0 Å². The zero-order chi connectivity index (χ0) is 9.84. The lowest BCUT2D eigenvalue weighted by Crippen LogP contribution is -2.10. The van der Waals surface area contributed by atoms with Crippen molar-refractivity contribution in [1.82, 2.24) is 9.97 Å². The Labute approximate surface area is 83.5 Å². The van der Waals surface area contributed by atoms with Crippen LogP contribution >= 0.6 is 11.6 Å². The zero-order valence-electron chi connectivity index (χ0n) is 8.13. The molecule has 0 bridgehead atoms. The SMILES string of the molecule is Cc1cc(Cl)nc(NCC(C)C)n1. The third-order valence-corrected chi connectivity index (χ3v) is 1.69. The van der Waals surface area contributed by atoms with Gasteiger partial charge in [-0.2, -0.15) is 0 Å². The van der Waals surface area contributed by atoms with Gasteiger partial charge in [0.05, 0.1) is 0 Å². The highest BCUT2D eigenvalue weighted by Gasteiger charge is 2.00. The zero-order valence-corrected chi connectivity index (χ0v) is 8.89. The third kappa shape index (κ3) is 3.59. The smallest absolute Gasteiger partial charge is 0.224 e. The molecule has 1 aromatic rings. The van der Waals surface area contributed by atoms with Gasteiger partial charge < -0.3 is 5.32 Å². The van der Waals surface area contributed by atoms with Crippen LogP contribution in [0.15, 0.2) is 6.07 Å². The predicted octanol–water partition coefficient (Wildman–Crippen LogP) is 2.51. The van der Waals surface area contributed by atoms with Crippen molar-refractivity contribution in [3.8, 4) is 0 Å². The second-order valence-electron chi connectivity index (χ2n) is 3.43. The molecule has 13 heavy (non-hydrogen) atoms. The molecule has 1 N–H and O–H groups in total. The van der Waals surface area contributed by atoms with E-state index in [4.69, 9.17) is 11.6 Å². The molecule has 0 radical (unpaired) electrons. The maximum absolute atomic E-state index is 5.77. The van der Waals surface area contributed by atoms with Gasteiger partial charge in [0.2, 0.25) is 5.95 Å². The lowest BCUT2D eigenvalue weighted by molar-refractivity contribution is 0.684. The van der Waals surface area contributed by atoms with Crippen LogP contribution in [0.25, 0.3) is 0 Å². The number of anilines is 1. The van der Waals surface area contributed by atoms with Crippen LogP contribution in [0.5, 0.6) is 0 Å². The van der Waals surface area contributed by atoms with E-state index in [1.165, 1.54) is 0 Å². The van der Waals surface area contributed by atoms with Crippen LogP contribution in [0.1, 0.15) is 19.5 Å². The highest BCUT2D eigenvalue weighted by atomic mass is 35.5. The minimum absolute atomic E-state index is 0.485. The minimum atomic E-state index is 0.485. The minimum Gasteiger partial charge on any atom is -0.354 e. The van der Waals surface area contributed by atoms with Crippen LogP contribution in [0.4, 0.5) is 5.95 Å². The normalized spacial score (nSPS) is 10.5. The first-order valence-electron chi connectivity index (χ1n) is 4.33. The van der Waals surface area contributed by atoms with Gasteiger partial charge in [-0.3, -0.25) is 0 Å². The highest BCUT2D eigenvalue weighted by Crippen LogP contribution is 2.09. The molecule has 3 nitrogen and oxygen atoms in total. The molecular weight excluding hydrogens is 186 g/mol. The van der Waals surface area contributed by atoms with Gasteiger partial charge in [-0.05, 0) is 18.9 Å². The van der Waals surface area contributed by atoms with E-state index in [-0.39, 0.29) is 0 Å². The van der Waals surface area contributed by atoms with Crippen molar-refractivity contribution in [2.24, 2.45) is 5.92 Å². The summed E-state index contributed by atoms with van der Waals surface area (Å²) in [5.41, 5.74) is 0.881. The molecule has 0 amide bonds. The van der Waals surface area contributed by atoms with Gasteiger partial charge in [0.25, 0.3) is 0 Å². The third-order valence-electron chi connectivity index (χ3n) is 1.49. The quantitative estimate of drug-likeness (QED) is 0.761. The molecule has 0 fully saturated rings. The topological polar surface area (TPSA) is 37.8 Å². The van der Waals surface area contributed by atoms with Crippen molar-refractivity contribution >= 4 is 17.5 Å². The largest absolute Gasteiger partial charge is 0.354 e. The number of nitrogens with zero attached hydrogens (tertiary/aromatic N) is 2. The standard InChI is InChI=1S/C9H14ClN3/c1-6(2)5-11-9-12-7(3)4-8(10)13-9/h4,6H,5H2,1-3H3,(H,11,12,13). The van der Waals surface area contributed by atoms with E-state index >= 15 is 0 Å².